The zero-order valence-electron chi connectivity index (χ0n) is 10.3. The van der Waals surface area contributed by atoms with E-state index in [9.17, 15) is 4.79 Å². The molecule has 0 aromatic carbocycles. The van der Waals surface area contributed by atoms with Gasteiger partial charge in [-0.2, -0.15) is 0 Å². The van der Waals surface area contributed by atoms with Crippen LogP contribution in [0.25, 0.3) is 11.5 Å². The van der Waals surface area contributed by atoms with Crippen molar-refractivity contribution in [3.05, 3.63) is 6.20 Å². The molecule has 0 saturated carbocycles. The van der Waals surface area contributed by atoms with Gasteiger partial charge < -0.3 is 5.11 Å². The summed E-state index contributed by atoms with van der Waals surface area (Å²) in [7, 11) is 1.73. The molecule has 0 saturated heterocycles. The van der Waals surface area contributed by atoms with E-state index in [1.807, 2.05) is 0 Å². The van der Waals surface area contributed by atoms with Crippen molar-refractivity contribution in [2.45, 2.75) is 20.4 Å². The van der Waals surface area contributed by atoms with Gasteiger partial charge in [-0.25, -0.2) is 4.68 Å². The van der Waals surface area contributed by atoms with Gasteiger partial charge in [-0.05, 0) is 24.3 Å². The molecule has 9 heteroatoms. The summed E-state index contributed by atoms with van der Waals surface area (Å²) in [6.07, 6.45) is 1.66. The fraction of sp³-hybridized carbons (Fsp3) is 0.556. The van der Waals surface area contributed by atoms with Gasteiger partial charge in [0, 0.05) is 7.05 Å². The minimum atomic E-state index is -0.966. The van der Waals surface area contributed by atoms with E-state index in [4.69, 9.17) is 5.11 Å². The molecule has 9 nitrogen and oxygen atoms in total. The van der Waals surface area contributed by atoms with Crippen LogP contribution in [0.3, 0.4) is 0 Å². The molecule has 0 unspecified atom stereocenters. The van der Waals surface area contributed by atoms with Gasteiger partial charge in [-0.15, -0.1) is 10.2 Å². The number of carboxylic acid groups (broad SMARTS) is 1. The zero-order valence-corrected chi connectivity index (χ0v) is 10.3. The van der Waals surface area contributed by atoms with Crippen molar-refractivity contribution in [3.63, 3.8) is 0 Å². The summed E-state index contributed by atoms with van der Waals surface area (Å²) in [6, 6.07) is 0. The van der Waals surface area contributed by atoms with Crippen molar-refractivity contribution < 1.29 is 9.90 Å². The lowest BCUT2D eigenvalue weighted by Gasteiger charge is -2.18. The molecule has 0 fully saturated rings. The van der Waals surface area contributed by atoms with Crippen LogP contribution in [0.1, 0.15) is 13.8 Å². The zero-order chi connectivity index (χ0) is 13.3. The number of carbonyl (C=O) groups is 1. The van der Waals surface area contributed by atoms with Crippen LogP contribution in [0.5, 0.6) is 0 Å². The van der Waals surface area contributed by atoms with Gasteiger partial charge in [-0.3, -0.25) is 9.48 Å². The maximum atomic E-state index is 11.1. The third-order valence-electron chi connectivity index (χ3n) is 2.49. The Morgan fingerprint density at radius 2 is 2.11 bits per heavy atom. The molecule has 2 heterocycles. The minimum Gasteiger partial charge on any atom is -0.481 e. The Morgan fingerprint density at radius 3 is 2.67 bits per heavy atom. The highest BCUT2D eigenvalue weighted by atomic mass is 16.4. The van der Waals surface area contributed by atoms with Gasteiger partial charge in [-0.1, -0.05) is 5.21 Å². The molecule has 0 amide bonds. The second kappa shape index (κ2) is 4.17. The number of aromatic nitrogens is 7. The maximum absolute atomic E-state index is 11.1. The molecule has 0 aliphatic carbocycles. The molecule has 18 heavy (non-hydrogen) atoms. The van der Waals surface area contributed by atoms with E-state index in [0.717, 1.165) is 0 Å². The van der Waals surface area contributed by atoms with Gasteiger partial charge >= 0.3 is 5.97 Å². The average molecular weight is 251 g/mol. The van der Waals surface area contributed by atoms with Crippen LogP contribution in [0.2, 0.25) is 0 Å². The molecule has 2 rings (SSSR count). The largest absolute Gasteiger partial charge is 0.481 e. The van der Waals surface area contributed by atoms with Crippen LogP contribution in [0, 0.1) is 5.41 Å². The highest BCUT2D eigenvalue weighted by Gasteiger charge is 2.30. The fourth-order valence-electron chi connectivity index (χ4n) is 1.39. The Morgan fingerprint density at radius 1 is 1.39 bits per heavy atom. The standard InChI is InChI=1S/C9H13N7O2/c1-9(2,8(17)18)5-16-7(11-12-14-16)6-4-15(3)13-10-6/h4H,5H2,1-3H3,(H,17,18). The molecule has 0 spiro atoms. The quantitative estimate of drug-likeness (QED) is 0.785. The summed E-state index contributed by atoms with van der Waals surface area (Å²) < 4.78 is 2.94. The lowest BCUT2D eigenvalue weighted by Crippen LogP contribution is -2.30. The second-order valence-corrected chi connectivity index (χ2v) is 4.63. The normalized spacial score (nSPS) is 11.7. The molecule has 0 bridgehead atoms. The summed E-state index contributed by atoms with van der Waals surface area (Å²) >= 11 is 0. The molecular weight excluding hydrogens is 238 g/mol. The monoisotopic (exact) mass is 251 g/mol. The highest BCUT2D eigenvalue weighted by molar-refractivity contribution is 5.73. The number of hydrogen-bond acceptors (Lipinski definition) is 6. The summed E-state index contributed by atoms with van der Waals surface area (Å²) in [5, 5.41) is 27.9. The topological polar surface area (TPSA) is 112 Å². The maximum Gasteiger partial charge on any atom is 0.310 e. The Balaban J connectivity index is 2.32. The average Bonchev–Trinajstić information content (AvgIpc) is 2.86. The van der Waals surface area contributed by atoms with E-state index < -0.39 is 11.4 Å². The third-order valence-corrected chi connectivity index (χ3v) is 2.49. The Bertz CT molecular complexity index is 571. The lowest BCUT2D eigenvalue weighted by molar-refractivity contribution is -0.147. The number of rotatable bonds is 4. The molecule has 0 aliphatic heterocycles. The first-order chi connectivity index (χ1) is 8.40. The summed E-state index contributed by atoms with van der Waals surface area (Å²) in [6.45, 7) is 3.37. The van der Waals surface area contributed by atoms with E-state index >= 15 is 0 Å². The predicted octanol–water partition coefficient (Wildman–Crippen LogP) is -0.421. The Kier molecular flexibility index (Phi) is 2.81. The van der Waals surface area contributed by atoms with Crippen molar-refractivity contribution in [2.75, 3.05) is 0 Å². The van der Waals surface area contributed by atoms with Gasteiger partial charge in [0.2, 0.25) is 5.82 Å². The Hall–Kier alpha value is -2.32. The van der Waals surface area contributed by atoms with Gasteiger partial charge in [0.05, 0.1) is 18.2 Å². The smallest absolute Gasteiger partial charge is 0.310 e. The van der Waals surface area contributed by atoms with Gasteiger partial charge in [0.15, 0.2) is 5.69 Å². The predicted molar refractivity (Wildman–Crippen MR) is 59.2 cm³/mol. The second-order valence-electron chi connectivity index (χ2n) is 4.63. The Labute approximate surface area is 102 Å². The minimum absolute atomic E-state index is 0.154. The van der Waals surface area contributed by atoms with E-state index in [0.29, 0.717) is 11.5 Å². The molecule has 2 aromatic rings. The number of nitrogens with zero attached hydrogens (tertiary/aromatic N) is 7. The van der Waals surface area contributed by atoms with Crippen molar-refractivity contribution in [3.8, 4) is 11.5 Å². The first kappa shape index (κ1) is 12.1. The first-order valence-electron chi connectivity index (χ1n) is 5.26. The van der Waals surface area contributed by atoms with E-state index in [-0.39, 0.29) is 6.54 Å². The van der Waals surface area contributed by atoms with Crippen LogP contribution in [0.15, 0.2) is 6.20 Å². The van der Waals surface area contributed by atoms with Crippen molar-refractivity contribution >= 4 is 5.97 Å². The highest BCUT2D eigenvalue weighted by Crippen LogP contribution is 2.20. The molecule has 1 N–H and O–H groups in total. The molecule has 0 atom stereocenters. The van der Waals surface area contributed by atoms with Crippen LogP contribution in [-0.4, -0.2) is 46.3 Å². The number of aryl methyl sites for hydroxylation is 1. The van der Waals surface area contributed by atoms with E-state index in [2.05, 4.69) is 25.8 Å². The molecule has 96 valence electrons. The number of tetrazole rings is 1. The number of hydrogen-bond donors (Lipinski definition) is 1. The first-order valence-corrected chi connectivity index (χ1v) is 5.26. The summed E-state index contributed by atoms with van der Waals surface area (Å²) in [5.41, 5.74) is -0.463. The third kappa shape index (κ3) is 2.19. The van der Waals surface area contributed by atoms with E-state index in [1.165, 1.54) is 9.36 Å². The number of aliphatic carboxylic acids is 1. The van der Waals surface area contributed by atoms with Crippen molar-refractivity contribution in [1.82, 2.24) is 35.2 Å². The summed E-state index contributed by atoms with van der Waals surface area (Å²) in [5.74, 6) is -0.513. The van der Waals surface area contributed by atoms with Crippen molar-refractivity contribution in [2.24, 2.45) is 12.5 Å². The molecule has 2 aromatic heterocycles. The molecular formula is C9H13N7O2. The molecule has 0 aliphatic rings. The van der Waals surface area contributed by atoms with Crippen molar-refractivity contribution in [1.29, 1.82) is 0 Å². The molecule has 0 radical (unpaired) electrons. The van der Waals surface area contributed by atoms with Gasteiger partial charge in [0.1, 0.15) is 0 Å². The van der Waals surface area contributed by atoms with E-state index in [1.54, 1.807) is 27.1 Å². The van der Waals surface area contributed by atoms with Crippen LogP contribution in [0.4, 0.5) is 0 Å². The van der Waals surface area contributed by atoms with Gasteiger partial charge in [0.25, 0.3) is 0 Å². The summed E-state index contributed by atoms with van der Waals surface area (Å²) in [4.78, 5) is 11.1. The van der Waals surface area contributed by atoms with Crippen LogP contribution in [-0.2, 0) is 18.4 Å². The lowest BCUT2D eigenvalue weighted by atomic mass is 9.94. The SMILES string of the molecule is Cn1cc(-c2nnnn2CC(C)(C)C(=O)O)nn1. The number of carboxylic acids is 1. The van der Waals surface area contributed by atoms with Crippen LogP contribution < -0.4 is 0 Å². The van der Waals surface area contributed by atoms with Crippen LogP contribution >= 0.6 is 0 Å². The fourth-order valence-corrected chi connectivity index (χ4v) is 1.39.